The second-order valence-corrected chi connectivity index (χ2v) is 7.84. The van der Waals surface area contributed by atoms with Gasteiger partial charge >= 0.3 is 6.09 Å². The van der Waals surface area contributed by atoms with Crippen LogP contribution < -0.4 is 21.3 Å². The van der Waals surface area contributed by atoms with Crippen molar-refractivity contribution in [3.63, 3.8) is 0 Å². The summed E-state index contributed by atoms with van der Waals surface area (Å²) in [6.45, 7) is 3.68. The van der Waals surface area contributed by atoms with Crippen molar-refractivity contribution in [2.75, 3.05) is 25.1 Å². The van der Waals surface area contributed by atoms with Gasteiger partial charge in [-0.05, 0) is 62.2 Å². The molecule has 3 rings (SSSR count). The molecule has 180 valence electrons. The molecule has 34 heavy (non-hydrogen) atoms. The minimum Gasteiger partial charge on any atom is -0.494 e. The fraction of sp³-hybridized carbons (Fsp3) is 0.346. The van der Waals surface area contributed by atoms with Gasteiger partial charge in [-0.15, -0.1) is 0 Å². The molecule has 2 aromatic carbocycles. The highest BCUT2D eigenvalue weighted by molar-refractivity contribution is 5.84. The zero-order valence-electron chi connectivity index (χ0n) is 19.5. The van der Waals surface area contributed by atoms with Gasteiger partial charge in [0.05, 0.1) is 25.5 Å². The molecule has 0 unspecified atom stereocenters. The van der Waals surface area contributed by atoms with Crippen LogP contribution in [0.3, 0.4) is 0 Å². The van der Waals surface area contributed by atoms with Crippen molar-refractivity contribution in [1.29, 1.82) is 0 Å². The maximum Gasteiger partial charge on any atom is 0.411 e. The third-order valence-corrected chi connectivity index (χ3v) is 5.14. The summed E-state index contributed by atoms with van der Waals surface area (Å²) in [5.74, 6) is 0.772. The van der Waals surface area contributed by atoms with E-state index < -0.39 is 6.09 Å². The topological polar surface area (TPSA) is 108 Å². The molecule has 0 saturated heterocycles. The molecule has 0 spiro atoms. The highest BCUT2D eigenvalue weighted by Crippen LogP contribution is 2.22. The number of anilines is 1. The Morgan fingerprint density at radius 3 is 2.68 bits per heavy atom. The van der Waals surface area contributed by atoms with Crippen molar-refractivity contribution in [1.82, 2.24) is 9.78 Å². The quantitative estimate of drug-likeness (QED) is 0.384. The third-order valence-electron chi connectivity index (χ3n) is 5.14. The van der Waals surface area contributed by atoms with Crippen LogP contribution in [0.2, 0.25) is 0 Å². The molecular formula is C26H32N4O4. The maximum atomic E-state index is 12.4. The highest BCUT2D eigenvalue weighted by atomic mass is 16.5. The van der Waals surface area contributed by atoms with Gasteiger partial charge < -0.3 is 15.2 Å². The Morgan fingerprint density at radius 2 is 1.85 bits per heavy atom. The molecule has 0 aliphatic heterocycles. The van der Waals surface area contributed by atoms with E-state index in [1.165, 1.54) is 10.7 Å². The molecule has 0 radical (unpaired) electrons. The number of amides is 1. The van der Waals surface area contributed by atoms with E-state index in [1.807, 2.05) is 36.4 Å². The van der Waals surface area contributed by atoms with E-state index >= 15 is 0 Å². The molecule has 1 heterocycles. The van der Waals surface area contributed by atoms with E-state index in [2.05, 4.69) is 10.4 Å². The van der Waals surface area contributed by atoms with Crippen LogP contribution in [0.25, 0.3) is 11.3 Å². The summed E-state index contributed by atoms with van der Waals surface area (Å²) in [7, 11) is 0. The summed E-state index contributed by atoms with van der Waals surface area (Å²) >= 11 is 0. The van der Waals surface area contributed by atoms with Gasteiger partial charge in [0, 0.05) is 17.3 Å². The number of carbonyl (C=O) groups excluding carboxylic acids is 1. The summed E-state index contributed by atoms with van der Waals surface area (Å²) in [5.41, 5.74) is 8.27. The second kappa shape index (κ2) is 13.2. The molecule has 8 heteroatoms. The summed E-state index contributed by atoms with van der Waals surface area (Å²) < 4.78 is 12.2. The molecule has 0 saturated carbocycles. The van der Waals surface area contributed by atoms with Gasteiger partial charge in [-0.3, -0.25) is 10.1 Å². The second-order valence-electron chi connectivity index (χ2n) is 7.84. The predicted molar refractivity (Wildman–Crippen MR) is 133 cm³/mol. The van der Waals surface area contributed by atoms with Crippen LogP contribution in [0.1, 0.15) is 38.2 Å². The fourth-order valence-corrected chi connectivity index (χ4v) is 3.46. The number of nitrogens with one attached hydrogen (secondary N) is 1. The van der Waals surface area contributed by atoms with Crippen LogP contribution in [0, 0.1) is 0 Å². The molecule has 1 amide bonds. The lowest BCUT2D eigenvalue weighted by molar-refractivity contribution is 0.168. The SMILES string of the molecule is CCOC(=O)Nc1cccc(Cn2nc(-c3cccc(OCCCCCCN)c3)ccc2=O)c1. The third kappa shape index (κ3) is 7.74. The Kier molecular flexibility index (Phi) is 9.66. The number of hydrogen-bond donors (Lipinski definition) is 2. The Hall–Kier alpha value is -3.65. The average Bonchev–Trinajstić information content (AvgIpc) is 2.83. The van der Waals surface area contributed by atoms with Gasteiger partial charge in [0.1, 0.15) is 5.75 Å². The van der Waals surface area contributed by atoms with Crippen molar-refractivity contribution < 1.29 is 14.3 Å². The number of rotatable bonds is 12. The molecule has 0 fully saturated rings. The molecule has 0 aliphatic carbocycles. The molecule has 3 aromatic rings. The number of hydrogen-bond acceptors (Lipinski definition) is 6. The average molecular weight is 465 g/mol. The van der Waals surface area contributed by atoms with Crippen LogP contribution in [-0.2, 0) is 11.3 Å². The van der Waals surface area contributed by atoms with Gasteiger partial charge in [-0.2, -0.15) is 5.10 Å². The first kappa shape index (κ1) is 25.0. The van der Waals surface area contributed by atoms with Crippen molar-refractivity contribution in [2.24, 2.45) is 5.73 Å². The normalized spacial score (nSPS) is 10.6. The number of carbonyl (C=O) groups is 1. The lowest BCUT2D eigenvalue weighted by Gasteiger charge is -2.11. The van der Waals surface area contributed by atoms with Crippen LogP contribution in [0.4, 0.5) is 10.5 Å². The standard InChI is InChI=1S/C26H32N4O4/c1-2-33-26(32)28-22-11-7-9-20(17-22)19-30-25(31)14-13-24(29-30)21-10-8-12-23(18-21)34-16-6-4-3-5-15-27/h7-14,17-18H,2-6,15-16,19,27H2,1H3,(H,28,32). The lowest BCUT2D eigenvalue weighted by Crippen LogP contribution is -2.23. The van der Waals surface area contributed by atoms with Crippen molar-refractivity contribution in [3.8, 4) is 17.0 Å². The Bertz CT molecular complexity index is 1130. The Morgan fingerprint density at radius 1 is 1.03 bits per heavy atom. The van der Waals surface area contributed by atoms with Crippen molar-refractivity contribution in [2.45, 2.75) is 39.2 Å². The Balaban J connectivity index is 1.68. The zero-order valence-corrected chi connectivity index (χ0v) is 19.5. The van der Waals surface area contributed by atoms with Gasteiger partial charge in [-0.1, -0.05) is 37.1 Å². The van der Waals surface area contributed by atoms with E-state index in [4.69, 9.17) is 15.2 Å². The maximum absolute atomic E-state index is 12.4. The largest absolute Gasteiger partial charge is 0.494 e. The first-order valence-corrected chi connectivity index (χ1v) is 11.6. The van der Waals surface area contributed by atoms with Gasteiger partial charge in [0.25, 0.3) is 5.56 Å². The molecule has 3 N–H and O–H groups in total. The molecule has 0 aliphatic rings. The predicted octanol–water partition coefficient (Wildman–Crippen LogP) is 4.42. The van der Waals surface area contributed by atoms with Gasteiger partial charge in [-0.25, -0.2) is 9.48 Å². The minimum atomic E-state index is -0.519. The highest BCUT2D eigenvalue weighted by Gasteiger charge is 2.08. The Labute approximate surface area is 199 Å². The number of ether oxygens (including phenoxy) is 2. The van der Waals surface area contributed by atoms with E-state index in [-0.39, 0.29) is 12.1 Å². The minimum absolute atomic E-state index is 0.211. The van der Waals surface area contributed by atoms with Crippen LogP contribution in [0.5, 0.6) is 5.75 Å². The van der Waals surface area contributed by atoms with E-state index in [1.54, 1.807) is 25.1 Å². The summed E-state index contributed by atoms with van der Waals surface area (Å²) in [5, 5.41) is 7.22. The molecule has 8 nitrogen and oxygen atoms in total. The van der Waals surface area contributed by atoms with Gasteiger partial charge in [0.2, 0.25) is 0 Å². The molecular weight excluding hydrogens is 432 g/mol. The monoisotopic (exact) mass is 464 g/mol. The first-order valence-electron chi connectivity index (χ1n) is 11.6. The van der Waals surface area contributed by atoms with E-state index in [0.29, 0.717) is 24.6 Å². The zero-order chi connectivity index (χ0) is 24.2. The number of unbranched alkanes of at least 4 members (excludes halogenated alkanes) is 3. The van der Waals surface area contributed by atoms with Crippen LogP contribution in [0.15, 0.2) is 65.5 Å². The van der Waals surface area contributed by atoms with Crippen LogP contribution >= 0.6 is 0 Å². The van der Waals surface area contributed by atoms with E-state index in [9.17, 15) is 9.59 Å². The van der Waals surface area contributed by atoms with Crippen molar-refractivity contribution >= 4 is 11.8 Å². The smallest absolute Gasteiger partial charge is 0.411 e. The summed E-state index contributed by atoms with van der Waals surface area (Å²) in [6.07, 6.45) is 3.72. The van der Waals surface area contributed by atoms with Crippen molar-refractivity contribution in [3.05, 3.63) is 76.6 Å². The first-order chi connectivity index (χ1) is 16.6. The molecule has 1 aromatic heterocycles. The summed E-state index contributed by atoms with van der Waals surface area (Å²) in [4.78, 5) is 24.1. The number of aromatic nitrogens is 2. The van der Waals surface area contributed by atoms with Gasteiger partial charge in [0.15, 0.2) is 0 Å². The molecule has 0 bridgehead atoms. The fourth-order valence-electron chi connectivity index (χ4n) is 3.46. The number of nitrogens with two attached hydrogens (primary N) is 1. The number of benzene rings is 2. The summed E-state index contributed by atoms with van der Waals surface area (Å²) in [6, 6.07) is 18.2. The van der Waals surface area contributed by atoms with Crippen LogP contribution in [-0.4, -0.2) is 35.6 Å². The molecule has 0 atom stereocenters. The number of nitrogens with zero attached hydrogens (tertiary/aromatic N) is 2. The van der Waals surface area contributed by atoms with E-state index in [0.717, 1.165) is 49.1 Å². The lowest BCUT2D eigenvalue weighted by atomic mass is 10.1.